The molecule has 0 amide bonds. The maximum Gasteiger partial charge on any atom is 0.273 e. The number of pyridine rings is 1. The lowest BCUT2D eigenvalue weighted by Crippen LogP contribution is -2.14. The van der Waals surface area contributed by atoms with E-state index in [9.17, 15) is 18.5 Å². The molecule has 0 radical (unpaired) electrons. The topological polar surface area (TPSA) is 102 Å². The third kappa shape index (κ3) is 3.37. The molecule has 0 spiro atoms. The van der Waals surface area contributed by atoms with Gasteiger partial charge in [-0.15, -0.1) is 0 Å². The Hall–Kier alpha value is -2.00. The van der Waals surface area contributed by atoms with Crippen LogP contribution in [-0.2, 0) is 10.0 Å². The number of hydrogen-bond donors (Lipinski definition) is 1. The van der Waals surface area contributed by atoms with Gasteiger partial charge in [0, 0.05) is 17.8 Å². The fourth-order valence-corrected chi connectivity index (χ4v) is 3.19. The molecule has 0 saturated carbocycles. The minimum absolute atomic E-state index is 0.185. The van der Waals surface area contributed by atoms with Gasteiger partial charge >= 0.3 is 0 Å². The Labute approximate surface area is 129 Å². The zero-order chi connectivity index (χ0) is 15.6. The van der Waals surface area contributed by atoms with Crippen LogP contribution in [0.1, 0.15) is 5.56 Å². The SMILES string of the molecule is Cc1ccc(S(=O)(=O)Nc2cccnc2Br)cc1[N+](=O)[O-]. The number of nitro benzene ring substituents is 1. The molecule has 0 aliphatic carbocycles. The van der Waals surface area contributed by atoms with Gasteiger partial charge in [-0.05, 0) is 41.1 Å². The number of nitrogens with zero attached hydrogens (tertiary/aromatic N) is 2. The first-order valence-corrected chi connectivity index (χ1v) is 7.97. The Balaban J connectivity index is 2.43. The molecule has 0 bridgehead atoms. The quantitative estimate of drug-likeness (QED) is 0.505. The van der Waals surface area contributed by atoms with Crippen LogP contribution >= 0.6 is 15.9 Å². The van der Waals surface area contributed by atoms with Crippen LogP contribution in [0, 0.1) is 17.0 Å². The summed E-state index contributed by atoms with van der Waals surface area (Å²) in [6.45, 7) is 1.54. The average molecular weight is 372 g/mol. The number of sulfonamides is 1. The number of anilines is 1. The largest absolute Gasteiger partial charge is 0.277 e. The van der Waals surface area contributed by atoms with Crippen molar-refractivity contribution in [3.8, 4) is 0 Å². The van der Waals surface area contributed by atoms with Gasteiger partial charge in [-0.3, -0.25) is 14.8 Å². The van der Waals surface area contributed by atoms with Crippen LogP contribution in [0.2, 0.25) is 0 Å². The van der Waals surface area contributed by atoms with Gasteiger partial charge < -0.3 is 0 Å². The number of benzene rings is 1. The summed E-state index contributed by atoms with van der Waals surface area (Å²) in [5.74, 6) is 0. The van der Waals surface area contributed by atoms with E-state index in [4.69, 9.17) is 0 Å². The Morgan fingerprint density at radius 2 is 2.05 bits per heavy atom. The van der Waals surface area contributed by atoms with Gasteiger partial charge in [0.05, 0.1) is 15.5 Å². The fourth-order valence-electron chi connectivity index (χ4n) is 1.62. The highest BCUT2D eigenvalue weighted by atomic mass is 79.9. The second-order valence-corrected chi connectivity index (χ2v) is 6.59. The molecule has 1 heterocycles. The summed E-state index contributed by atoms with van der Waals surface area (Å²) in [7, 11) is -3.93. The molecule has 0 fully saturated rings. The third-order valence-corrected chi connectivity index (χ3v) is 4.69. The summed E-state index contributed by atoms with van der Waals surface area (Å²) in [5, 5.41) is 10.9. The number of aryl methyl sites for hydroxylation is 1. The Bertz CT molecular complexity index is 808. The highest BCUT2D eigenvalue weighted by Crippen LogP contribution is 2.26. The van der Waals surface area contributed by atoms with Crippen LogP contribution in [0.4, 0.5) is 11.4 Å². The Morgan fingerprint density at radius 3 is 2.67 bits per heavy atom. The molecule has 9 heteroatoms. The molecule has 7 nitrogen and oxygen atoms in total. The molecule has 1 aromatic heterocycles. The fraction of sp³-hybridized carbons (Fsp3) is 0.0833. The van der Waals surface area contributed by atoms with Crippen LogP contribution < -0.4 is 4.72 Å². The van der Waals surface area contributed by atoms with Gasteiger partial charge in [-0.1, -0.05) is 6.07 Å². The van der Waals surface area contributed by atoms with Crippen molar-refractivity contribution in [2.24, 2.45) is 0 Å². The van der Waals surface area contributed by atoms with Crippen molar-refractivity contribution in [3.63, 3.8) is 0 Å². The maximum absolute atomic E-state index is 12.3. The van der Waals surface area contributed by atoms with E-state index in [0.29, 0.717) is 10.2 Å². The van der Waals surface area contributed by atoms with E-state index in [2.05, 4.69) is 25.6 Å². The van der Waals surface area contributed by atoms with Crippen molar-refractivity contribution >= 4 is 37.3 Å². The van der Waals surface area contributed by atoms with Crippen molar-refractivity contribution in [1.82, 2.24) is 4.98 Å². The van der Waals surface area contributed by atoms with Crippen molar-refractivity contribution < 1.29 is 13.3 Å². The van der Waals surface area contributed by atoms with Crippen molar-refractivity contribution in [3.05, 3.63) is 56.8 Å². The molecule has 1 aromatic carbocycles. The number of aromatic nitrogens is 1. The second kappa shape index (κ2) is 5.78. The van der Waals surface area contributed by atoms with E-state index in [-0.39, 0.29) is 16.3 Å². The molecule has 0 atom stereocenters. The molecular formula is C12H10BrN3O4S. The minimum Gasteiger partial charge on any atom is -0.277 e. The standard InChI is InChI=1S/C12H10BrN3O4S/c1-8-4-5-9(7-11(8)16(17)18)21(19,20)15-10-3-2-6-14-12(10)13/h2-7,15H,1H3. The number of rotatable bonds is 4. The number of hydrogen-bond acceptors (Lipinski definition) is 5. The summed E-state index contributed by atoms with van der Waals surface area (Å²) in [6.07, 6.45) is 1.50. The normalized spacial score (nSPS) is 11.1. The van der Waals surface area contributed by atoms with Crippen LogP contribution in [0.15, 0.2) is 46.0 Å². The first kappa shape index (κ1) is 15.4. The number of nitrogens with one attached hydrogen (secondary N) is 1. The minimum atomic E-state index is -3.93. The number of nitro groups is 1. The summed E-state index contributed by atoms with van der Waals surface area (Å²) >= 11 is 3.12. The summed E-state index contributed by atoms with van der Waals surface area (Å²) in [4.78, 5) is 14.0. The molecule has 0 aliphatic rings. The third-order valence-electron chi connectivity index (χ3n) is 2.69. The Kier molecular flexibility index (Phi) is 4.24. The van der Waals surface area contributed by atoms with Crippen LogP contribution in [-0.4, -0.2) is 18.3 Å². The molecule has 110 valence electrons. The molecule has 2 aromatic rings. The van der Waals surface area contributed by atoms with Gasteiger partial charge in [0.2, 0.25) is 0 Å². The highest BCUT2D eigenvalue weighted by molar-refractivity contribution is 9.10. The maximum atomic E-state index is 12.3. The number of halogens is 1. The summed E-state index contributed by atoms with van der Waals surface area (Å²) in [6, 6.07) is 6.83. The lowest BCUT2D eigenvalue weighted by atomic mass is 10.2. The van der Waals surface area contributed by atoms with E-state index in [0.717, 1.165) is 6.07 Å². The van der Waals surface area contributed by atoms with E-state index >= 15 is 0 Å². The van der Waals surface area contributed by atoms with Gasteiger partial charge in [0.1, 0.15) is 4.60 Å². The monoisotopic (exact) mass is 371 g/mol. The average Bonchev–Trinajstić information content (AvgIpc) is 2.41. The van der Waals surface area contributed by atoms with E-state index in [1.807, 2.05) is 0 Å². The first-order chi connectivity index (χ1) is 9.81. The predicted octanol–water partition coefficient (Wildman–Crippen LogP) is 2.86. The first-order valence-electron chi connectivity index (χ1n) is 5.69. The predicted molar refractivity (Wildman–Crippen MR) is 80.6 cm³/mol. The van der Waals surface area contributed by atoms with E-state index in [1.165, 1.54) is 24.4 Å². The zero-order valence-corrected chi connectivity index (χ0v) is 13.2. The molecule has 0 unspecified atom stereocenters. The summed E-state index contributed by atoms with van der Waals surface area (Å²) in [5.41, 5.74) is 0.394. The van der Waals surface area contributed by atoms with Gasteiger partial charge in [0.15, 0.2) is 0 Å². The highest BCUT2D eigenvalue weighted by Gasteiger charge is 2.20. The molecule has 21 heavy (non-hydrogen) atoms. The molecule has 1 N–H and O–H groups in total. The van der Waals surface area contributed by atoms with Crippen molar-refractivity contribution in [2.45, 2.75) is 11.8 Å². The van der Waals surface area contributed by atoms with E-state index < -0.39 is 14.9 Å². The lowest BCUT2D eigenvalue weighted by molar-refractivity contribution is -0.385. The van der Waals surface area contributed by atoms with Crippen LogP contribution in [0.25, 0.3) is 0 Å². The van der Waals surface area contributed by atoms with E-state index in [1.54, 1.807) is 13.0 Å². The van der Waals surface area contributed by atoms with Crippen LogP contribution in [0.3, 0.4) is 0 Å². The van der Waals surface area contributed by atoms with Crippen LogP contribution in [0.5, 0.6) is 0 Å². The zero-order valence-electron chi connectivity index (χ0n) is 10.8. The molecule has 2 rings (SSSR count). The van der Waals surface area contributed by atoms with Gasteiger partial charge in [-0.2, -0.15) is 0 Å². The lowest BCUT2D eigenvalue weighted by Gasteiger charge is -2.09. The summed E-state index contributed by atoms with van der Waals surface area (Å²) < 4.78 is 27.2. The van der Waals surface area contributed by atoms with Gasteiger partial charge in [0.25, 0.3) is 15.7 Å². The van der Waals surface area contributed by atoms with Crippen molar-refractivity contribution in [2.75, 3.05) is 4.72 Å². The Morgan fingerprint density at radius 1 is 1.33 bits per heavy atom. The molecule has 0 aliphatic heterocycles. The van der Waals surface area contributed by atoms with Gasteiger partial charge in [-0.25, -0.2) is 13.4 Å². The second-order valence-electron chi connectivity index (χ2n) is 4.15. The molecule has 0 saturated heterocycles. The van der Waals surface area contributed by atoms with Crippen molar-refractivity contribution in [1.29, 1.82) is 0 Å². The smallest absolute Gasteiger partial charge is 0.273 e. The molecular weight excluding hydrogens is 362 g/mol.